The van der Waals surface area contributed by atoms with Crippen molar-refractivity contribution in [1.29, 1.82) is 0 Å². The summed E-state index contributed by atoms with van der Waals surface area (Å²) >= 11 is 0. The third-order valence-corrected chi connectivity index (χ3v) is 12.7. The lowest BCUT2D eigenvalue weighted by Crippen LogP contribution is -2.31. The molecule has 6 nitrogen and oxygen atoms in total. The molecule has 7 aromatic rings. The maximum Gasteiger partial charge on any atom is 0.338 e. The van der Waals surface area contributed by atoms with Crippen LogP contribution in [-0.2, 0) is 29.9 Å². The van der Waals surface area contributed by atoms with Crippen molar-refractivity contribution in [3.05, 3.63) is 214 Å². The van der Waals surface area contributed by atoms with Crippen molar-refractivity contribution in [2.24, 2.45) is 0 Å². The van der Waals surface area contributed by atoms with E-state index in [0.29, 0.717) is 11.1 Å². The first-order valence-corrected chi connectivity index (χ1v) is 22.1. The van der Waals surface area contributed by atoms with Gasteiger partial charge in [0.25, 0.3) is 0 Å². The van der Waals surface area contributed by atoms with Crippen molar-refractivity contribution in [2.75, 3.05) is 23.0 Å². The summed E-state index contributed by atoms with van der Waals surface area (Å²) in [6.07, 6.45) is 3.94. The smallest absolute Gasteiger partial charge is 0.338 e. The highest BCUT2D eigenvalue weighted by Gasteiger charge is 2.40. The molecule has 0 spiro atoms. The Labute approximate surface area is 376 Å². The lowest BCUT2D eigenvalue weighted by molar-refractivity contribution is -0.136. The number of hydrogen-bond acceptors (Lipinski definition) is 6. The lowest BCUT2D eigenvalue weighted by atomic mass is 9.73. The first-order chi connectivity index (χ1) is 31.0. The van der Waals surface area contributed by atoms with E-state index in [2.05, 4.69) is 147 Å². The maximum absolute atomic E-state index is 14.2. The van der Waals surface area contributed by atoms with Crippen LogP contribution in [0, 0.1) is 0 Å². The van der Waals surface area contributed by atoms with E-state index < -0.39 is 11.9 Å². The molecule has 0 radical (unpaired) electrons. The van der Waals surface area contributed by atoms with Gasteiger partial charge in [-0.25, -0.2) is 9.59 Å². The van der Waals surface area contributed by atoms with E-state index in [9.17, 15) is 9.59 Å². The van der Waals surface area contributed by atoms with Gasteiger partial charge in [0.05, 0.1) is 58.5 Å². The van der Waals surface area contributed by atoms with Crippen LogP contribution >= 0.6 is 0 Å². The number of hydrogen-bond donors (Lipinski definition) is 0. The minimum atomic E-state index is -0.421. The molecule has 2 aliphatic rings. The molecule has 7 aromatic carbocycles. The summed E-state index contributed by atoms with van der Waals surface area (Å²) in [4.78, 5) is 33.1. The molecule has 6 heteroatoms. The Morgan fingerprint density at radius 1 is 0.422 bits per heavy atom. The highest BCUT2D eigenvalue weighted by molar-refractivity contribution is 6.23. The molecule has 0 bridgehead atoms. The van der Waals surface area contributed by atoms with Gasteiger partial charge in [0, 0.05) is 22.0 Å². The molecule has 9 rings (SSSR count). The summed E-state index contributed by atoms with van der Waals surface area (Å²) in [6, 6.07) is 57.9. The summed E-state index contributed by atoms with van der Waals surface area (Å²) in [5.41, 5.74) is 13.6. The summed E-state index contributed by atoms with van der Waals surface area (Å²) in [7, 11) is 0. The van der Waals surface area contributed by atoms with Gasteiger partial charge in [-0.15, -0.1) is 0 Å². The number of anilines is 6. The minimum Gasteiger partial charge on any atom is -0.462 e. The molecule has 0 amide bonds. The van der Waals surface area contributed by atoms with Gasteiger partial charge in [-0.1, -0.05) is 161 Å². The molecule has 318 valence electrons. The van der Waals surface area contributed by atoms with Gasteiger partial charge in [-0.05, 0) is 95.8 Å². The molecule has 0 fully saturated rings. The van der Waals surface area contributed by atoms with Crippen molar-refractivity contribution in [1.82, 2.24) is 0 Å². The van der Waals surface area contributed by atoms with Crippen molar-refractivity contribution >= 4 is 69.4 Å². The number of ether oxygens (including phenoxy) is 2. The van der Waals surface area contributed by atoms with Gasteiger partial charge in [0.2, 0.25) is 0 Å². The lowest BCUT2D eigenvalue weighted by Gasteiger charge is -2.44. The molecule has 2 aliphatic heterocycles. The first kappa shape index (κ1) is 41.9. The van der Waals surface area contributed by atoms with Crippen molar-refractivity contribution < 1.29 is 19.1 Å². The number of nitrogens with zero attached hydrogens (tertiary/aromatic N) is 2. The first-order valence-electron chi connectivity index (χ1n) is 22.1. The van der Waals surface area contributed by atoms with E-state index in [1.807, 2.05) is 86.7 Å². The fourth-order valence-electron chi connectivity index (χ4n) is 9.57. The monoisotopic (exact) mass is 840 g/mol. The predicted octanol–water partition coefficient (Wildman–Crippen LogP) is 14.1. The minimum absolute atomic E-state index is 0.222. The van der Waals surface area contributed by atoms with Crippen LogP contribution in [0.5, 0.6) is 0 Å². The third-order valence-electron chi connectivity index (χ3n) is 12.7. The van der Waals surface area contributed by atoms with Crippen LogP contribution in [0.4, 0.5) is 34.1 Å². The van der Waals surface area contributed by atoms with E-state index in [0.717, 1.165) is 78.6 Å². The molecule has 0 aliphatic carbocycles. The highest BCUT2D eigenvalue weighted by atomic mass is 16.5. The van der Waals surface area contributed by atoms with Crippen LogP contribution in [0.2, 0.25) is 0 Å². The predicted molar refractivity (Wildman–Crippen MR) is 262 cm³/mol. The van der Waals surface area contributed by atoms with Crippen LogP contribution in [0.1, 0.15) is 86.1 Å². The van der Waals surface area contributed by atoms with Gasteiger partial charge in [-0.3, -0.25) is 0 Å². The molecular weight excluding hydrogens is 789 g/mol. The summed E-state index contributed by atoms with van der Waals surface area (Å²) in [5, 5.41) is 0. The second kappa shape index (κ2) is 17.0. The summed E-state index contributed by atoms with van der Waals surface area (Å²) < 4.78 is 11.6. The van der Waals surface area contributed by atoms with Crippen molar-refractivity contribution in [3.8, 4) is 0 Å². The second-order valence-corrected chi connectivity index (χ2v) is 17.2. The number of para-hydroxylation sites is 4. The van der Waals surface area contributed by atoms with Gasteiger partial charge in [-0.2, -0.15) is 0 Å². The molecular formula is C58H52N2O4. The largest absolute Gasteiger partial charge is 0.462 e. The molecule has 0 atom stereocenters. The van der Waals surface area contributed by atoms with Gasteiger partial charge in [0.1, 0.15) is 0 Å². The fraction of sp³-hybridized carbons (Fsp3) is 0.172. The molecule has 0 aromatic heterocycles. The standard InChI is InChI=1S/C58H52N2O4/c1-7-63-55(61)43(39-23-11-9-12-24-39)35-41-37-54(60-51-33-21-17-29-47(51)58(5,6)48-30-18-22-34-52(48)60)42(36-44(56(62)64-8-2)40-25-13-10-14-26-40)38-53(41)59-49-31-19-15-27-45(49)57(3,4)46-28-16-20-32-50(46)59/h9-38H,7-8H2,1-6H3/b43-35-,44-36-. The van der Waals surface area contributed by atoms with E-state index in [1.165, 1.54) is 0 Å². The Morgan fingerprint density at radius 2 is 0.703 bits per heavy atom. The van der Waals surface area contributed by atoms with E-state index in [4.69, 9.17) is 9.47 Å². The molecule has 0 saturated heterocycles. The third kappa shape index (κ3) is 7.29. The van der Waals surface area contributed by atoms with E-state index in [1.54, 1.807) is 0 Å². The van der Waals surface area contributed by atoms with Crippen molar-refractivity contribution in [3.63, 3.8) is 0 Å². The Bertz CT molecular complexity index is 2660. The Hall–Kier alpha value is -7.44. The number of benzene rings is 7. The number of esters is 2. The number of fused-ring (bicyclic) bond motifs is 4. The van der Waals surface area contributed by atoms with E-state index in [-0.39, 0.29) is 24.0 Å². The van der Waals surface area contributed by atoms with Gasteiger partial charge < -0.3 is 19.3 Å². The highest BCUT2D eigenvalue weighted by Crippen LogP contribution is 2.56. The van der Waals surface area contributed by atoms with Crippen LogP contribution < -0.4 is 9.80 Å². The second-order valence-electron chi connectivity index (χ2n) is 17.2. The quantitative estimate of drug-likeness (QED) is 0.0777. The van der Waals surface area contributed by atoms with Crippen LogP contribution in [0.15, 0.2) is 170 Å². The number of carbonyl (C=O) groups excluding carboxylic acids is 2. The number of rotatable bonds is 10. The summed E-state index contributed by atoms with van der Waals surface area (Å²) in [6.45, 7) is 13.2. The molecule has 0 saturated carbocycles. The van der Waals surface area contributed by atoms with Crippen LogP contribution in [-0.4, -0.2) is 25.2 Å². The van der Waals surface area contributed by atoms with E-state index >= 15 is 0 Å². The maximum atomic E-state index is 14.2. The van der Waals surface area contributed by atoms with Crippen molar-refractivity contribution in [2.45, 2.75) is 52.4 Å². The molecule has 2 heterocycles. The average molecular weight is 841 g/mol. The Balaban J connectivity index is 1.46. The molecule has 64 heavy (non-hydrogen) atoms. The Morgan fingerprint density at radius 3 is 1.00 bits per heavy atom. The Kier molecular flexibility index (Phi) is 11.1. The van der Waals surface area contributed by atoms with Gasteiger partial charge >= 0.3 is 11.9 Å². The molecule has 0 N–H and O–H groups in total. The molecule has 0 unspecified atom stereocenters. The SMILES string of the molecule is CCOC(=O)/C(=C\c1cc(N2c3ccccc3C(C)(C)c3ccccc32)c(/C=C(\C(=O)OCC)c2ccccc2)cc1N1c2ccccc2C(C)(C)c2ccccc21)c1ccccc1. The van der Waals surface area contributed by atoms with Gasteiger partial charge in [0.15, 0.2) is 0 Å². The average Bonchev–Trinajstić information content (AvgIpc) is 3.31. The number of carbonyl (C=O) groups is 2. The van der Waals surface area contributed by atoms with Crippen LogP contribution in [0.3, 0.4) is 0 Å². The summed E-state index contributed by atoms with van der Waals surface area (Å²) in [5.74, 6) is -0.843. The topological polar surface area (TPSA) is 59.1 Å². The zero-order valence-electron chi connectivity index (χ0n) is 37.3. The fourth-order valence-corrected chi connectivity index (χ4v) is 9.57. The van der Waals surface area contributed by atoms with Crippen LogP contribution in [0.25, 0.3) is 23.3 Å². The zero-order chi connectivity index (χ0) is 44.6. The normalized spacial score (nSPS) is 14.7. The zero-order valence-corrected chi connectivity index (χ0v) is 37.3.